The van der Waals surface area contributed by atoms with Crippen molar-refractivity contribution in [2.45, 2.75) is 6.92 Å². The van der Waals surface area contributed by atoms with Crippen molar-refractivity contribution >= 4 is 23.2 Å². The molecule has 1 N–H and O–H groups in total. The summed E-state index contributed by atoms with van der Waals surface area (Å²) in [6.45, 7) is 2.05. The van der Waals surface area contributed by atoms with Gasteiger partial charge in [-0.05, 0) is 24.3 Å². The van der Waals surface area contributed by atoms with Crippen molar-refractivity contribution in [3.63, 3.8) is 0 Å². The van der Waals surface area contributed by atoms with Crippen LogP contribution in [0.4, 0.5) is 15.8 Å². The third-order valence-electron chi connectivity index (χ3n) is 3.68. The van der Waals surface area contributed by atoms with Crippen molar-refractivity contribution < 1.29 is 23.5 Å². The molecule has 1 aliphatic heterocycles. The van der Waals surface area contributed by atoms with Crippen LogP contribution in [0, 0.1) is 5.82 Å². The number of para-hydroxylation sites is 1. The second-order valence-corrected chi connectivity index (χ2v) is 5.47. The number of carbonyl (C=O) groups excluding carboxylic acids is 2. The maximum atomic E-state index is 13.5. The number of rotatable bonds is 4. The summed E-state index contributed by atoms with van der Waals surface area (Å²) in [4.78, 5) is 25.2. The van der Waals surface area contributed by atoms with Gasteiger partial charge in [0, 0.05) is 18.7 Å². The van der Waals surface area contributed by atoms with Crippen LogP contribution in [0.3, 0.4) is 0 Å². The Morgan fingerprint density at radius 2 is 2.08 bits per heavy atom. The van der Waals surface area contributed by atoms with Crippen molar-refractivity contribution in [2.75, 3.05) is 30.0 Å². The van der Waals surface area contributed by atoms with E-state index in [9.17, 15) is 14.0 Å². The van der Waals surface area contributed by atoms with Crippen molar-refractivity contribution in [1.82, 2.24) is 0 Å². The number of amides is 2. The van der Waals surface area contributed by atoms with Gasteiger partial charge in [0.25, 0.3) is 5.91 Å². The van der Waals surface area contributed by atoms with Crippen molar-refractivity contribution in [3.05, 3.63) is 48.3 Å². The van der Waals surface area contributed by atoms with E-state index in [1.165, 1.54) is 19.1 Å². The summed E-state index contributed by atoms with van der Waals surface area (Å²) in [6.07, 6.45) is 0. The van der Waals surface area contributed by atoms with Crippen LogP contribution in [0.15, 0.2) is 42.5 Å². The van der Waals surface area contributed by atoms with Crippen LogP contribution in [-0.2, 0) is 9.59 Å². The van der Waals surface area contributed by atoms with Crippen LogP contribution in [-0.4, -0.2) is 31.6 Å². The maximum absolute atomic E-state index is 13.5. The number of halogens is 1. The Balaban J connectivity index is 1.64. The van der Waals surface area contributed by atoms with E-state index in [2.05, 4.69) is 5.32 Å². The molecule has 0 bridgehead atoms. The van der Waals surface area contributed by atoms with E-state index in [0.717, 1.165) is 0 Å². The van der Waals surface area contributed by atoms with Gasteiger partial charge >= 0.3 is 0 Å². The normalized spacial score (nSPS) is 12.8. The fraction of sp³-hybridized carbons (Fsp3) is 0.222. The summed E-state index contributed by atoms with van der Waals surface area (Å²) in [6, 6.07) is 10.9. The molecule has 3 rings (SSSR count). The van der Waals surface area contributed by atoms with Crippen LogP contribution in [0.1, 0.15) is 6.92 Å². The highest BCUT2D eigenvalue weighted by atomic mass is 19.1. The standard InChI is InChI=1S/C18H17FN2O4/c1-12(22)21-8-9-24-17-10-13(6-7-15(17)21)20-18(23)11-25-16-5-3-2-4-14(16)19/h2-7,10H,8-9,11H2,1H3,(H,20,23). The fourth-order valence-corrected chi connectivity index (χ4v) is 2.53. The molecule has 0 aliphatic carbocycles. The molecule has 25 heavy (non-hydrogen) atoms. The second-order valence-electron chi connectivity index (χ2n) is 5.47. The summed E-state index contributed by atoms with van der Waals surface area (Å²) < 4.78 is 24.2. The minimum atomic E-state index is -0.526. The van der Waals surface area contributed by atoms with Gasteiger partial charge in [0.05, 0.1) is 12.2 Å². The number of carbonyl (C=O) groups is 2. The van der Waals surface area contributed by atoms with Crippen molar-refractivity contribution in [1.29, 1.82) is 0 Å². The highest BCUT2D eigenvalue weighted by Crippen LogP contribution is 2.34. The van der Waals surface area contributed by atoms with Gasteiger partial charge in [-0.15, -0.1) is 0 Å². The zero-order valence-electron chi connectivity index (χ0n) is 13.6. The summed E-state index contributed by atoms with van der Waals surface area (Å²) in [5.74, 6) is -0.485. The van der Waals surface area contributed by atoms with Crippen LogP contribution in [0.5, 0.6) is 11.5 Å². The van der Waals surface area contributed by atoms with Gasteiger partial charge < -0.3 is 19.7 Å². The smallest absolute Gasteiger partial charge is 0.262 e. The molecule has 0 saturated heterocycles. The molecule has 2 amide bonds. The summed E-state index contributed by atoms with van der Waals surface area (Å²) >= 11 is 0. The molecule has 0 unspecified atom stereocenters. The van der Waals surface area contributed by atoms with Gasteiger partial charge in [0.15, 0.2) is 18.2 Å². The van der Waals surface area contributed by atoms with Crippen LogP contribution in [0.2, 0.25) is 0 Å². The van der Waals surface area contributed by atoms with Crippen molar-refractivity contribution in [2.24, 2.45) is 0 Å². The number of fused-ring (bicyclic) bond motifs is 1. The first-order valence-electron chi connectivity index (χ1n) is 7.77. The minimum Gasteiger partial charge on any atom is -0.489 e. The Morgan fingerprint density at radius 1 is 1.28 bits per heavy atom. The second kappa shape index (κ2) is 7.21. The average Bonchev–Trinajstić information content (AvgIpc) is 2.60. The quantitative estimate of drug-likeness (QED) is 0.926. The van der Waals surface area contributed by atoms with Gasteiger partial charge in [-0.3, -0.25) is 9.59 Å². The lowest BCUT2D eigenvalue weighted by Gasteiger charge is -2.29. The molecule has 130 valence electrons. The first-order valence-corrected chi connectivity index (χ1v) is 7.77. The molecule has 1 heterocycles. The maximum Gasteiger partial charge on any atom is 0.262 e. The molecule has 2 aromatic rings. The highest BCUT2D eigenvalue weighted by molar-refractivity contribution is 5.96. The number of hydrogen-bond donors (Lipinski definition) is 1. The van der Waals surface area contributed by atoms with Gasteiger partial charge in [0.1, 0.15) is 12.4 Å². The lowest BCUT2D eigenvalue weighted by atomic mass is 10.2. The lowest BCUT2D eigenvalue weighted by molar-refractivity contribution is -0.118. The molecular weight excluding hydrogens is 327 g/mol. The summed E-state index contributed by atoms with van der Waals surface area (Å²) in [5, 5.41) is 2.66. The number of anilines is 2. The molecule has 0 saturated carbocycles. The molecule has 0 aromatic heterocycles. The third-order valence-corrected chi connectivity index (χ3v) is 3.68. The van der Waals surface area contributed by atoms with E-state index < -0.39 is 11.7 Å². The first kappa shape index (κ1) is 16.8. The monoisotopic (exact) mass is 344 g/mol. The molecule has 7 heteroatoms. The van der Waals surface area contributed by atoms with E-state index in [1.54, 1.807) is 35.2 Å². The zero-order chi connectivity index (χ0) is 17.8. The van der Waals surface area contributed by atoms with E-state index >= 15 is 0 Å². The van der Waals surface area contributed by atoms with E-state index in [1.807, 2.05) is 0 Å². The minimum absolute atomic E-state index is 0.0172. The summed E-state index contributed by atoms with van der Waals surface area (Å²) in [7, 11) is 0. The molecule has 1 aliphatic rings. The Hall–Kier alpha value is -3.09. The van der Waals surface area contributed by atoms with E-state index in [4.69, 9.17) is 9.47 Å². The van der Waals surface area contributed by atoms with E-state index in [0.29, 0.717) is 30.3 Å². The Bertz CT molecular complexity index is 809. The van der Waals surface area contributed by atoms with Crippen LogP contribution >= 0.6 is 0 Å². The number of nitrogens with one attached hydrogen (secondary N) is 1. The van der Waals surface area contributed by atoms with Gasteiger partial charge in [0.2, 0.25) is 5.91 Å². The molecular formula is C18H17FN2O4. The zero-order valence-corrected chi connectivity index (χ0v) is 13.6. The molecule has 2 aromatic carbocycles. The average molecular weight is 344 g/mol. The molecule has 0 radical (unpaired) electrons. The van der Waals surface area contributed by atoms with Gasteiger partial charge in [-0.1, -0.05) is 12.1 Å². The SMILES string of the molecule is CC(=O)N1CCOc2cc(NC(=O)COc3ccccc3F)ccc21. The van der Waals surface area contributed by atoms with Crippen LogP contribution in [0.25, 0.3) is 0 Å². The largest absolute Gasteiger partial charge is 0.489 e. The molecule has 0 spiro atoms. The molecule has 0 atom stereocenters. The number of hydrogen-bond acceptors (Lipinski definition) is 4. The first-order chi connectivity index (χ1) is 12.0. The topological polar surface area (TPSA) is 67.9 Å². The van der Waals surface area contributed by atoms with Crippen LogP contribution < -0.4 is 19.7 Å². The summed E-state index contributed by atoms with van der Waals surface area (Å²) in [5.41, 5.74) is 1.17. The molecule has 0 fully saturated rings. The highest BCUT2D eigenvalue weighted by Gasteiger charge is 2.21. The predicted octanol–water partition coefficient (Wildman–Crippen LogP) is 2.59. The van der Waals surface area contributed by atoms with Crippen molar-refractivity contribution in [3.8, 4) is 11.5 Å². The Labute approximate surface area is 144 Å². The van der Waals surface area contributed by atoms with E-state index in [-0.39, 0.29) is 18.3 Å². The fourth-order valence-electron chi connectivity index (χ4n) is 2.53. The Morgan fingerprint density at radius 3 is 2.84 bits per heavy atom. The Kier molecular flexibility index (Phi) is 4.83. The number of benzene rings is 2. The van der Waals surface area contributed by atoms with Gasteiger partial charge in [-0.2, -0.15) is 0 Å². The predicted molar refractivity (Wildman–Crippen MR) is 90.5 cm³/mol. The third kappa shape index (κ3) is 3.88. The van der Waals surface area contributed by atoms with Gasteiger partial charge in [-0.25, -0.2) is 4.39 Å². The molecule has 6 nitrogen and oxygen atoms in total. The number of ether oxygens (including phenoxy) is 2. The lowest BCUT2D eigenvalue weighted by Crippen LogP contribution is -2.36. The number of nitrogens with zero attached hydrogens (tertiary/aromatic N) is 1.